The van der Waals surface area contributed by atoms with Gasteiger partial charge in [-0.2, -0.15) is 20.8 Å². The molecule has 0 radical (unpaired) electrons. The molecule has 2 N–H and O–H groups in total. The molecule has 2 saturated carbocycles. The zero-order chi connectivity index (χ0) is 25.3. The van der Waals surface area contributed by atoms with Crippen LogP contribution in [0, 0.1) is 22.7 Å². The highest BCUT2D eigenvalue weighted by Crippen LogP contribution is 2.29. The van der Waals surface area contributed by atoms with Gasteiger partial charge in [-0.1, -0.05) is 38.5 Å². The van der Waals surface area contributed by atoms with Crippen molar-refractivity contribution in [3.63, 3.8) is 0 Å². The molecule has 0 aromatic carbocycles. The summed E-state index contributed by atoms with van der Waals surface area (Å²) in [7, 11) is 0. The van der Waals surface area contributed by atoms with Crippen LogP contribution in [0.1, 0.15) is 118 Å². The predicted molar refractivity (Wildman–Crippen MR) is 131 cm³/mol. The fourth-order valence-corrected chi connectivity index (χ4v) is 4.90. The van der Waals surface area contributed by atoms with E-state index in [1.165, 1.54) is 12.8 Å². The van der Waals surface area contributed by atoms with Gasteiger partial charge in [0, 0.05) is 23.9 Å². The number of carbonyl (C=O) groups excluding carboxylic acids is 2. The summed E-state index contributed by atoms with van der Waals surface area (Å²) in [6.07, 6.45) is 11.5. The van der Waals surface area contributed by atoms with Gasteiger partial charge in [-0.05, 0) is 66.2 Å². The maximum Gasteiger partial charge on any atom is 0.220 e. The molecular weight excluding hydrogens is 428 g/mol. The summed E-state index contributed by atoms with van der Waals surface area (Å²) in [5.74, 6) is -0.172. The van der Waals surface area contributed by atoms with Gasteiger partial charge in [0.05, 0.1) is 12.1 Å². The van der Waals surface area contributed by atoms with Gasteiger partial charge in [-0.25, -0.2) is 0 Å². The number of amides is 2. The fraction of sp³-hybridized carbons (Fsp3) is 0.846. The number of azo groups is 1. The SMILES string of the molecule is CC(C#N)(CCC(=O)NC1(C)CCCCC1)N=NC(C)(C#N)CCC(=O)NC1(C)CCCCC1. The first-order valence-corrected chi connectivity index (χ1v) is 12.8. The molecule has 2 unspecified atom stereocenters. The van der Waals surface area contributed by atoms with E-state index in [0.717, 1.165) is 51.4 Å². The lowest BCUT2D eigenvalue weighted by Gasteiger charge is -2.35. The minimum Gasteiger partial charge on any atom is -0.351 e. The lowest BCUT2D eigenvalue weighted by molar-refractivity contribution is -0.124. The van der Waals surface area contributed by atoms with Gasteiger partial charge < -0.3 is 10.6 Å². The molecule has 188 valence electrons. The molecule has 0 bridgehead atoms. The summed E-state index contributed by atoms with van der Waals surface area (Å²) in [4.78, 5) is 25.0. The largest absolute Gasteiger partial charge is 0.351 e. The predicted octanol–water partition coefficient (Wildman–Crippen LogP) is 5.24. The van der Waals surface area contributed by atoms with Crippen LogP contribution in [0.5, 0.6) is 0 Å². The van der Waals surface area contributed by atoms with Crippen molar-refractivity contribution in [1.29, 1.82) is 10.5 Å². The number of hydrogen-bond acceptors (Lipinski definition) is 6. The minimum absolute atomic E-state index is 0.0861. The van der Waals surface area contributed by atoms with Gasteiger partial charge in [0.25, 0.3) is 0 Å². The van der Waals surface area contributed by atoms with Crippen molar-refractivity contribution in [2.45, 2.75) is 140 Å². The van der Waals surface area contributed by atoms with Crippen molar-refractivity contribution >= 4 is 11.8 Å². The molecule has 2 aliphatic carbocycles. The quantitative estimate of drug-likeness (QED) is 0.423. The number of hydrogen-bond donors (Lipinski definition) is 2. The number of nitrogens with zero attached hydrogens (tertiary/aromatic N) is 4. The summed E-state index contributed by atoms with van der Waals surface area (Å²) < 4.78 is 0. The van der Waals surface area contributed by atoms with Crippen LogP contribution in [0.4, 0.5) is 0 Å². The molecule has 2 rings (SSSR count). The third kappa shape index (κ3) is 8.70. The maximum atomic E-state index is 12.5. The summed E-state index contributed by atoms with van der Waals surface area (Å²) in [6.45, 7) is 7.41. The van der Waals surface area contributed by atoms with Crippen molar-refractivity contribution in [2.24, 2.45) is 10.2 Å². The van der Waals surface area contributed by atoms with E-state index in [1.54, 1.807) is 13.8 Å². The molecule has 34 heavy (non-hydrogen) atoms. The average Bonchev–Trinajstić information content (AvgIpc) is 2.80. The van der Waals surface area contributed by atoms with Gasteiger partial charge in [0.2, 0.25) is 11.8 Å². The van der Waals surface area contributed by atoms with Gasteiger partial charge in [-0.3, -0.25) is 9.59 Å². The standard InChI is InChI=1S/C26H42N6O2/c1-23(13-7-5-8-14-23)29-21(33)11-17-25(3,19-27)31-32-26(4,20-28)18-12-22(34)30-24(2)15-9-6-10-16-24/h5-18H2,1-4H3,(H,29,33)(H,30,34). The maximum absolute atomic E-state index is 12.5. The minimum atomic E-state index is -1.21. The molecule has 0 aliphatic heterocycles. The Balaban J connectivity index is 1.88. The molecule has 0 spiro atoms. The van der Waals surface area contributed by atoms with E-state index in [2.05, 4.69) is 46.8 Å². The summed E-state index contributed by atoms with van der Waals surface area (Å²) >= 11 is 0. The number of rotatable bonds is 10. The van der Waals surface area contributed by atoms with Crippen LogP contribution in [-0.4, -0.2) is 34.0 Å². The lowest BCUT2D eigenvalue weighted by atomic mass is 9.83. The van der Waals surface area contributed by atoms with Crippen molar-refractivity contribution in [3.8, 4) is 12.1 Å². The second-order valence-corrected chi connectivity index (χ2v) is 11.3. The van der Waals surface area contributed by atoms with Gasteiger partial charge >= 0.3 is 0 Å². The third-order valence-electron chi connectivity index (χ3n) is 7.45. The molecule has 2 fully saturated rings. The number of carbonyl (C=O) groups is 2. The molecular formula is C26H42N6O2. The van der Waals surface area contributed by atoms with Crippen LogP contribution >= 0.6 is 0 Å². The van der Waals surface area contributed by atoms with E-state index >= 15 is 0 Å². The molecule has 0 aromatic rings. The Morgan fingerprint density at radius 1 is 0.735 bits per heavy atom. The molecule has 0 heterocycles. The van der Waals surface area contributed by atoms with E-state index in [-0.39, 0.29) is 48.6 Å². The normalized spacial score (nSPS) is 23.0. The van der Waals surface area contributed by atoms with Crippen LogP contribution in [-0.2, 0) is 9.59 Å². The Morgan fingerprint density at radius 3 is 1.35 bits per heavy atom. The Hall–Kier alpha value is -2.48. The topological polar surface area (TPSA) is 130 Å². The highest BCUT2D eigenvalue weighted by atomic mass is 16.2. The molecule has 2 atom stereocenters. The van der Waals surface area contributed by atoms with Crippen molar-refractivity contribution in [3.05, 3.63) is 0 Å². The van der Waals surface area contributed by atoms with Gasteiger partial charge in [0.15, 0.2) is 11.1 Å². The van der Waals surface area contributed by atoms with Crippen LogP contribution in [0.3, 0.4) is 0 Å². The smallest absolute Gasteiger partial charge is 0.220 e. The number of nitrogens with one attached hydrogen (secondary N) is 2. The monoisotopic (exact) mass is 470 g/mol. The highest BCUT2D eigenvalue weighted by molar-refractivity contribution is 5.77. The van der Waals surface area contributed by atoms with Crippen LogP contribution in [0.25, 0.3) is 0 Å². The Labute approximate surface area is 205 Å². The molecule has 0 saturated heterocycles. The Bertz CT molecular complexity index is 761. The first kappa shape index (κ1) is 27.8. The average molecular weight is 471 g/mol. The molecule has 8 heteroatoms. The molecule has 2 amide bonds. The summed E-state index contributed by atoms with van der Waals surface area (Å²) in [5.41, 5.74) is -2.76. The van der Waals surface area contributed by atoms with Crippen molar-refractivity contribution in [1.82, 2.24) is 10.6 Å². The second kappa shape index (κ2) is 11.8. The highest BCUT2D eigenvalue weighted by Gasteiger charge is 2.33. The summed E-state index contributed by atoms with van der Waals surface area (Å²) in [6, 6.07) is 4.28. The van der Waals surface area contributed by atoms with E-state index in [0.29, 0.717) is 0 Å². The van der Waals surface area contributed by atoms with E-state index in [1.807, 2.05) is 0 Å². The molecule has 0 aromatic heterocycles. The van der Waals surface area contributed by atoms with Crippen molar-refractivity contribution < 1.29 is 9.59 Å². The van der Waals surface area contributed by atoms with Gasteiger partial charge in [-0.15, -0.1) is 0 Å². The number of nitriles is 2. The molecule has 8 nitrogen and oxygen atoms in total. The Morgan fingerprint density at radius 2 is 1.06 bits per heavy atom. The lowest BCUT2D eigenvalue weighted by Crippen LogP contribution is -2.47. The zero-order valence-corrected chi connectivity index (χ0v) is 21.5. The van der Waals surface area contributed by atoms with Gasteiger partial charge in [0.1, 0.15) is 0 Å². The van der Waals surface area contributed by atoms with Crippen LogP contribution in [0.15, 0.2) is 10.2 Å². The second-order valence-electron chi connectivity index (χ2n) is 11.3. The Kier molecular flexibility index (Phi) is 9.62. The van der Waals surface area contributed by atoms with Crippen LogP contribution < -0.4 is 10.6 Å². The summed E-state index contributed by atoms with van der Waals surface area (Å²) in [5, 5.41) is 34.0. The van der Waals surface area contributed by atoms with Crippen molar-refractivity contribution in [2.75, 3.05) is 0 Å². The van der Waals surface area contributed by atoms with E-state index in [9.17, 15) is 20.1 Å². The van der Waals surface area contributed by atoms with E-state index in [4.69, 9.17) is 0 Å². The first-order chi connectivity index (χ1) is 15.9. The first-order valence-electron chi connectivity index (χ1n) is 12.8. The molecule has 2 aliphatic rings. The zero-order valence-electron chi connectivity index (χ0n) is 21.5. The van der Waals surface area contributed by atoms with Crippen LogP contribution in [0.2, 0.25) is 0 Å². The van der Waals surface area contributed by atoms with E-state index < -0.39 is 11.1 Å². The fourth-order valence-electron chi connectivity index (χ4n) is 4.90. The third-order valence-corrected chi connectivity index (χ3v) is 7.45.